The van der Waals surface area contributed by atoms with E-state index in [4.69, 9.17) is 26.2 Å². The minimum Gasteiger partial charge on any atom is -0.493 e. The summed E-state index contributed by atoms with van der Waals surface area (Å²) in [6.07, 6.45) is 1.23. The van der Waals surface area contributed by atoms with Gasteiger partial charge in [-0.05, 0) is 55.8 Å². The Hall–Kier alpha value is -3.50. The minimum absolute atomic E-state index is 0.0162. The molecule has 2 N–H and O–H groups in total. The molecule has 0 saturated carbocycles. The van der Waals surface area contributed by atoms with E-state index in [1.807, 2.05) is 19.9 Å². The van der Waals surface area contributed by atoms with Gasteiger partial charge in [0.2, 0.25) is 0 Å². The molecule has 0 atom stereocenters. The van der Waals surface area contributed by atoms with Gasteiger partial charge in [-0.25, -0.2) is 4.79 Å². The lowest BCUT2D eigenvalue weighted by molar-refractivity contribution is -0.112. The number of nitrogens with zero attached hydrogens (tertiary/aromatic N) is 1. The molecule has 0 fully saturated rings. The standard InChI is InChI=1S/C21H19ClN2O5/c1-12(2)29-19-17(22)8-13(9-18(19)28-3)7-15(11-23)20(25)24-16-6-4-5-14(10-16)21(26)27/h4-10,12H,1-3H3,(H,24,25)(H,26,27)/b15-7-. The van der Waals surface area contributed by atoms with Crippen molar-refractivity contribution < 1.29 is 24.2 Å². The number of carbonyl (C=O) groups excluding carboxylic acids is 1. The average Bonchev–Trinajstić information content (AvgIpc) is 2.67. The van der Waals surface area contributed by atoms with E-state index in [1.165, 1.54) is 37.5 Å². The first-order valence-corrected chi connectivity index (χ1v) is 8.93. The van der Waals surface area contributed by atoms with Crippen molar-refractivity contribution in [2.75, 3.05) is 12.4 Å². The van der Waals surface area contributed by atoms with Crippen molar-refractivity contribution in [1.82, 2.24) is 0 Å². The second-order valence-electron chi connectivity index (χ2n) is 6.21. The van der Waals surface area contributed by atoms with Crippen molar-refractivity contribution in [3.05, 3.63) is 58.1 Å². The number of halogens is 1. The highest BCUT2D eigenvalue weighted by atomic mass is 35.5. The molecule has 2 aromatic carbocycles. The second kappa shape index (κ2) is 9.62. The van der Waals surface area contributed by atoms with Crippen LogP contribution in [0, 0.1) is 11.3 Å². The fourth-order valence-corrected chi connectivity index (χ4v) is 2.68. The van der Waals surface area contributed by atoms with Crippen molar-refractivity contribution in [1.29, 1.82) is 5.26 Å². The zero-order chi connectivity index (χ0) is 21.6. The van der Waals surface area contributed by atoms with Crippen molar-refractivity contribution in [3.8, 4) is 17.6 Å². The Bertz CT molecular complexity index is 1010. The summed E-state index contributed by atoms with van der Waals surface area (Å²) in [6, 6.07) is 10.7. The van der Waals surface area contributed by atoms with Gasteiger partial charge in [0, 0.05) is 5.69 Å². The van der Waals surface area contributed by atoms with E-state index < -0.39 is 11.9 Å². The number of aromatic carboxylic acids is 1. The Morgan fingerprint density at radius 3 is 2.59 bits per heavy atom. The van der Waals surface area contributed by atoms with Crippen molar-refractivity contribution >= 4 is 35.2 Å². The Morgan fingerprint density at radius 1 is 1.28 bits per heavy atom. The smallest absolute Gasteiger partial charge is 0.335 e. The van der Waals surface area contributed by atoms with Crippen molar-refractivity contribution in [2.24, 2.45) is 0 Å². The topological polar surface area (TPSA) is 109 Å². The van der Waals surface area contributed by atoms with Crippen LogP contribution in [-0.4, -0.2) is 30.2 Å². The first-order valence-electron chi connectivity index (χ1n) is 8.55. The number of anilines is 1. The van der Waals surface area contributed by atoms with Crippen molar-refractivity contribution in [2.45, 2.75) is 20.0 Å². The second-order valence-corrected chi connectivity index (χ2v) is 6.62. The number of carboxylic acids is 1. The third-order valence-corrected chi connectivity index (χ3v) is 3.93. The molecule has 150 valence electrons. The lowest BCUT2D eigenvalue weighted by Crippen LogP contribution is -2.14. The Morgan fingerprint density at radius 2 is 2.00 bits per heavy atom. The first-order chi connectivity index (χ1) is 13.7. The van der Waals surface area contributed by atoms with Gasteiger partial charge < -0.3 is 19.9 Å². The Kier molecular flexibility index (Phi) is 7.23. The van der Waals surface area contributed by atoms with E-state index in [0.29, 0.717) is 17.1 Å². The van der Waals surface area contributed by atoms with Crippen LogP contribution in [0.4, 0.5) is 5.69 Å². The number of nitriles is 1. The number of rotatable bonds is 7. The highest BCUT2D eigenvalue weighted by Gasteiger charge is 2.15. The van der Waals surface area contributed by atoms with Crippen LogP contribution in [0.5, 0.6) is 11.5 Å². The Balaban J connectivity index is 2.32. The van der Waals surface area contributed by atoms with E-state index in [1.54, 1.807) is 12.1 Å². The summed E-state index contributed by atoms with van der Waals surface area (Å²) in [4.78, 5) is 23.5. The maximum atomic E-state index is 12.4. The summed E-state index contributed by atoms with van der Waals surface area (Å²) < 4.78 is 10.9. The van der Waals surface area contributed by atoms with Gasteiger partial charge in [0.25, 0.3) is 5.91 Å². The SMILES string of the molecule is COc1cc(/C=C(/C#N)C(=O)Nc2cccc(C(=O)O)c2)cc(Cl)c1OC(C)C. The van der Waals surface area contributed by atoms with Gasteiger partial charge in [0.15, 0.2) is 11.5 Å². The molecule has 2 rings (SSSR count). The number of carboxylic acid groups (broad SMARTS) is 1. The minimum atomic E-state index is -1.12. The molecule has 0 saturated heterocycles. The van der Waals surface area contributed by atoms with E-state index in [-0.39, 0.29) is 28.0 Å². The summed E-state index contributed by atoms with van der Waals surface area (Å²) in [5.41, 5.74) is 0.546. The van der Waals surface area contributed by atoms with Gasteiger partial charge in [0.05, 0.1) is 23.8 Å². The lowest BCUT2D eigenvalue weighted by atomic mass is 10.1. The normalized spacial score (nSPS) is 11.0. The predicted octanol–water partition coefficient (Wildman–Crippen LogP) is 4.38. The summed E-state index contributed by atoms with van der Waals surface area (Å²) in [7, 11) is 1.46. The largest absolute Gasteiger partial charge is 0.493 e. The monoisotopic (exact) mass is 414 g/mol. The van der Waals surface area contributed by atoms with Crippen LogP contribution in [0.3, 0.4) is 0 Å². The number of methoxy groups -OCH3 is 1. The number of carbonyl (C=O) groups is 2. The van der Waals surface area contributed by atoms with E-state index in [2.05, 4.69) is 5.32 Å². The molecule has 0 radical (unpaired) electrons. The van der Waals surface area contributed by atoms with Gasteiger partial charge in [-0.1, -0.05) is 17.7 Å². The van der Waals surface area contributed by atoms with Gasteiger partial charge in [-0.3, -0.25) is 4.79 Å². The molecule has 0 aromatic heterocycles. The Labute approximate surface area is 173 Å². The highest BCUT2D eigenvalue weighted by molar-refractivity contribution is 6.32. The number of hydrogen-bond donors (Lipinski definition) is 2. The van der Waals surface area contributed by atoms with Crippen LogP contribution in [0.25, 0.3) is 6.08 Å². The zero-order valence-corrected chi connectivity index (χ0v) is 16.8. The molecule has 7 nitrogen and oxygen atoms in total. The third kappa shape index (κ3) is 5.74. The summed E-state index contributed by atoms with van der Waals surface area (Å²) in [5.74, 6) is -1.07. The average molecular weight is 415 g/mol. The molecule has 0 aliphatic rings. The van der Waals surface area contributed by atoms with Gasteiger partial charge in [-0.15, -0.1) is 0 Å². The molecule has 0 aliphatic carbocycles. The van der Waals surface area contributed by atoms with Crippen molar-refractivity contribution in [3.63, 3.8) is 0 Å². The van der Waals surface area contributed by atoms with Crippen LogP contribution in [-0.2, 0) is 4.79 Å². The van der Waals surface area contributed by atoms with E-state index in [9.17, 15) is 14.9 Å². The highest BCUT2D eigenvalue weighted by Crippen LogP contribution is 2.37. The number of amides is 1. The molecule has 1 amide bonds. The molecular weight excluding hydrogens is 396 g/mol. The summed E-state index contributed by atoms with van der Waals surface area (Å²) in [6.45, 7) is 3.70. The number of benzene rings is 2. The summed E-state index contributed by atoms with van der Waals surface area (Å²) >= 11 is 6.27. The van der Waals surface area contributed by atoms with Gasteiger partial charge in [-0.2, -0.15) is 5.26 Å². The van der Waals surface area contributed by atoms with Crippen LogP contribution >= 0.6 is 11.6 Å². The van der Waals surface area contributed by atoms with E-state index in [0.717, 1.165) is 0 Å². The molecule has 0 heterocycles. The van der Waals surface area contributed by atoms with Crippen LogP contribution in [0.2, 0.25) is 5.02 Å². The fourth-order valence-electron chi connectivity index (χ4n) is 2.42. The maximum absolute atomic E-state index is 12.4. The maximum Gasteiger partial charge on any atom is 0.335 e. The summed E-state index contributed by atoms with van der Waals surface area (Å²) in [5, 5.41) is 21.2. The van der Waals surface area contributed by atoms with Crippen LogP contribution in [0.1, 0.15) is 29.8 Å². The molecule has 0 unspecified atom stereocenters. The molecule has 0 spiro atoms. The van der Waals surface area contributed by atoms with Gasteiger partial charge in [0.1, 0.15) is 11.6 Å². The first kappa shape index (κ1) is 21.8. The molecule has 29 heavy (non-hydrogen) atoms. The lowest BCUT2D eigenvalue weighted by Gasteiger charge is -2.15. The fraction of sp³-hybridized carbons (Fsp3) is 0.190. The molecule has 8 heteroatoms. The molecular formula is C21H19ClN2O5. The zero-order valence-electron chi connectivity index (χ0n) is 16.0. The van der Waals surface area contributed by atoms with Gasteiger partial charge >= 0.3 is 5.97 Å². The predicted molar refractivity (Wildman–Crippen MR) is 109 cm³/mol. The van der Waals surface area contributed by atoms with Crippen LogP contribution in [0.15, 0.2) is 42.0 Å². The third-order valence-electron chi connectivity index (χ3n) is 3.65. The quantitative estimate of drug-likeness (QED) is 0.514. The molecule has 0 bridgehead atoms. The van der Waals surface area contributed by atoms with Crippen LogP contribution < -0.4 is 14.8 Å². The molecule has 2 aromatic rings. The van der Waals surface area contributed by atoms with E-state index >= 15 is 0 Å². The number of nitrogens with one attached hydrogen (secondary N) is 1. The number of ether oxygens (including phenoxy) is 2. The molecule has 0 aliphatic heterocycles. The number of hydrogen-bond acceptors (Lipinski definition) is 5.